The zero-order valence-electron chi connectivity index (χ0n) is 18.0. The van der Waals surface area contributed by atoms with E-state index in [2.05, 4.69) is 21.3 Å². The molecule has 0 aliphatic rings. The number of hydrogen-bond acceptors (Lipinski definition) is 2. The van der Waals surface area contributed by atoms with Crippen molar-refractivity contribution >= 4 is 12.1 Å². The fraction of sp³-hybridized carbons (Fsp3) is 0.417. The number of urea groups is 2. The Kier molecular flexibility index (Phi) is 10.3. The molecular weight excluding hydrogens is 376 g/mol. The van der Waals surface area contributed by atoms with Gasteiger partial charge in [0.15, 0.2) is 0 Å². The van der Waals surface area contributed by atoms with Gasteiger partial charge in [-0.15, -0.1) is 0 Å². The van der Waals surface area contributed by atoms with Gasteiger partial charge in [-0.05, 0) is 37.8 Å². The lowest BCUT2D eigenvalue weighted by Gasteiger charge is -2.15. The predicted molar refractivity (Wildman–Crippen MR) is 121 cm³/mol. The number of benzene rings is 2. The van der Waals surface area contributed by atoms with Crippen LogP contribution in [0.1, 0.15) is 62.7 Å². The number of unbranched alkanes of at least 4 members (excludes halogenated alkanes) is 3. The van der Waals surface area contributed by atoms with Gasteiger partial charge >= 0.3 is 12.1 Å². The third-order valence-corrected chi connectivity index (χ3v) is 4.97. The fourth-order valence-electron chi connectivity index (χ4n) is 3.15. The molecule has 0 radical (unpaired) electrons. The minimum absolute atomic E-state index is 0.0203. The second-order valence-electron chi connectivity index (χ2n) is 7.48. The molecule has 0 bridgehead atoms. The Bertz CT molecular complexity index is 687. The van der Waals surface area contributed by atoms with Crippen LogP contribution in [-0.4, -0.2) is 25.2 Å². The molecule has 0 heterocycles. The van der Waals surface area contributed by atoms with Crippen LogP contribution in [0.15, 0.2) is 60.7 Å². The molecule has 4 N–H and O–H groups in total. The molecule has 0 aromatic heterocycles. The van der Waals surface area contributed by atoms with E-state index >= 15 is 0 Å². The summed E-state index contributed by atoms with van der Waals surface area (Å²) in [6.07, 6.45) is 3.87. The van der Waals surface area contributed by atoms with Crippen LogP contribution in [0.5, 0.6) is 0 Å². The second-order valence-corrected chi connectivity index (χ2v) is 7.48. The van der Waals surface area contributed by atoms with Crippen LogP contribution in [0.4, 0.5) is 9.59 Å². The molecule has 30 heavy (non-hydrogen) atoms. The van der Waals surface area contributed by atoms with E-state index in [-0.39, 0.29) is 24.1 Å². The maximum Gasteiger partial charge on any atom is 0.315 e. The Morgan fingerprint density at radius 3 is 1.37 bits per heavy atom. The largest absolute Gasteiger partial charge is 0.338 e. The maximum atomic E-state index is 12.0. The quantitative estimate of drug-likeness (QED) is 0.406. The summed E-state index contributed by atoms with van der Waals surface area (Å²) < 4.78 is 0. The Morgan fingerprint density at radius 1 is 0.633 bits per heavy atom. The smallest absolute Gasteiger partial charge is 0.315 e. The number of carbonyl (C=O) groups excluding carboxylic acids is 2. The van der Waals surface area contributed by atoms with Crippen LogP contribution in [0.3, 0.4) is 0 Å². The number of amides is 4. The summed E-state index contributed by atoms with van der Waals surface area (Å²) in [6, 6.07) is 19.5. The highest BCUT2D eigenvalue weighted by atomic mass is 16.2. The predicted octanol–water partition coefficient (Wildman–Crippen LogP) is 4.67. The van der Waals surface area contributed by atoms with Crippen molar-refractivity contribution in [2.45, 2.75) is 51.6 Å². The molecule has 6 nitrogen and oxygen atoms in total. The molecule has 0 unspecified atom stereocenters. The number of nitrogens with one attached hydrogen (secondary N) is 4. The summed E-state index contributed by atoms with van der Waals surface area (Å²) in [7, 11) is 0. The van der Waals surface area contributed by atoms with Crippen LogP contribution in [0.25, 0.3) is 0 Å². The van der Waals surface area contributed by atoms with Crippen molar-refractivity contribution in [2.75, 3.05) is 13.1 Å². The highest BCUT2D eigenvalue weighted by molar-refractivity contribution is 5.74. The molecule has 2 rings (SSSR count). The lowest BCUT2D eigenvalue weighted by atomic mass is 10.1. The molecule has 2 aromatic carbocycles. The van der Waals surface area contributed by atoms with E-state index in [9.17, 15) is 9.59 Å². The average molecular weight is 411 g/mol. The highest BCUT2D eigenvalue weighted by Crippen LogP contribution is 2.11. The number of rotatable bonds is 11. The zero-order valence-corrected chi connectivity index (χ0v) is 18.0. The number of carbonyl (C=O) groups is 2. The summed E-state index contributed by atoms with van der Waals surface area (Å²) in [5, 5.41) is 11.7. The summed E-state index contributed by atoms with van der Waals surface area (Å²) in [5.41, 5.74) is 2.17. The van der Waals surface area contributed by atoms with Crippen molar-refractivity contribution in [1.29, 1.82) is 0 Å². The highest BCUT2D eigenvalue weighted by Gasteiger charge is 2.09. The van der Waals surface area contributed by atoms with Gasteiger partial charge in [-0.1, -0.05) is 73.5 Å². The van der Waals surface area contributed by atoms with E-state index in [4.69, 9.17) is 0 Å². The first kappa shape index (κ1) is 23.3. The van der Waals surface area contributed by atoms with Gasteiger partial charge in [0.2, 0.25) is 0 Å². The Balaban J connectivity index is 1.46. The van der Waals surface area contributed by atoms with E-state index in [1.807, 2.05) is 74.5 Å². The van der Waals surface area contributed by atoms with Gasteiger partial charge in [-0.3, -0.25) is 0 Å². The van der Waals surface area contributed by atoms with E-state index in [0.29, 0.717) is 13.1 Å². The molecule has 0 spiro atoms. The molecule has 2 atom stereocenters. The minimum atomic E-state index is -0.141. The van der Waals surface area contributed by atoms with Crippen molar-refractivity contribution in [3.8, 4) is 0 Å². The molecule has 0 fully saturated rings. The monoisotopic (exact) mass is 410 g/mol. The van der Waals surface area contributed by atoms with Crippen molar-refractivity contribution in [1.82, 2.24) is 21.3 Å². The Hall–Kier alpha value is -3.02. The molecule has 0 saturated heterocycles. The first-order valence-electron chi connectivity index (χ1n) is 10.7. The zero-order chi connectivity index (χ0) is 21.6. The summed E-state index contributed by atoms with van der Waals surface area (Å²) in [6.45, 7) is 5.24. The Morgan fingerprint density at radius 2 is 1.00 bits per heavy atom. The normalized spacial score (nSPS) is 12.5. The summed E-state index contributed by atoms with van der Waals surface area (Å²) in [4.78, 5) is 23.9. The molecule has 4 amide bonds. The topological polar surface area (TPSA) is 82.3 Å². The van der Waals surface area contributed by atoms with Gasteiger partial charge in [-0.2, -0.15) is 0 Å². The van der Waals surface area contributed by atoms with E-state index in [0.717, 1.165) is 36.8 Å². The third kappa shape index (κ3) is 8.99. The average Bonchev–Trinajstić information content (AvgIpc) is 2.76. The molecule has 0 aliphatic carbocycles. The Labute approximate surface area is 179 Å². The van der Waals surface area contributed by atoms with Gasteiger partial charge < -0.3 is 21.3 Å². The lowest BCUT2D eigenvalue weighted by molar-refractivity contribution is 0.236. The van der Waals surface area contributed by atoms with E-state index < -0.39 is 0 Å². The molecule has 6 heteroatoms. The lowest BCUT2D eigenvalue weighted by Crippen LogP contribution is -2.37. The summed E-state index contributed by atoms with van der Waals surface area (Å²) >= 11 is 0. The van der Waals surface area contributed by atoms with Gasteiger partial charge in [0.05, 0.1) is 12.1 Å². The van der Waals surface area contributed by atoms with Crippen LogP contribution in [0, 0.1) is 0 Å². The maximum absolute atomic E-state index is 12.0. The van der Waals surface area contributed by atoms with E-state index in [1.165, 1.54) is 0 Å². The van der Waals surface area contributed by atoms with Gasteiger partial charge in [0.25, 0.3) is 0 Å². The minimum Gasteiger partial charge on any atom is -0.338 e. The van der Waals surface area contributed by atoms with Crippen LogP contribution >= 0.6 is 0 Å². The molecule has 162 valence electrons. The molecular formula is C24H34N4O2. The molecule has 2 aromatic rings. The third-order valence-electron chi connectivity index (χ3n) is 4.97. The first-order chi connectivity index (χ1) is 14.6. The standard InChI is InChI=1S/C24H34N4O2/c1-19(21-13-7-5-8-14-21)27-23(29)25-17-11-3-4-12-18-26-24(30)28-20(2)22-15-9-6-10-16-22/h5-10,13-16,19-20H,3-4,11-12,17-18H2,1-2H3,(H2,25,27,29)(H2,26,28,30)/t19-,20-/m1/s1. The van der Waals surface area contributed by atoms with Crippen LogP contribution in [-0.2, 0) is 0 Å². The van der Waals surface area contributed by atoms with E-state index in [1.54, 1.807) is 0 Å². The molecule has 0 aliphatic heterocycles. The second kappa shape index (κ2) is 13.2. The van der Waals surface area contributed by atoms with Crippen molar-refractivity contribution in [2.24, 2.45) is 0 Å². The van der Waals surface area contributed by atoms with Crippen molar-refractivity contribution in [3.63, 3.8) is 0 Å². The SMILES string of the molecule is C[C@@H](NC(=O)NCCCCCCNC(=O)N[C@H](C)c1ccccc1)c1ccccc1. The van der Waals surface area contributed by atoms with Crippen LogP contribution in [0.2, 0.25) is 0 Å². The van der Waals surface area contributed by atoms with Crippen LogP contribution < -0.4 is 21.3 Å². The number of hydrogen-bond donors (Lipinski definition) is 4. The van der Waals surface area contributed by atoms with Gasteiger partial charge in [0.1, 0.15) is 0 Å². The van der Waals surface area contributed by atoms with Crippen molar-refractivity contribution < 1.29 is 9.59 Å². The fourth-order valence-corrected chi connectivity index (χ4v) is 3.15. The first-order valence-corrected chi connectivity index (χ1v) is 10.7. The molecule has 0 saturated carbocycles. The van der Waals surface area contributed by atoms with Gasteiger partial charge in [0, 0.05) is 13.1 Å². The van der Waals surface area contributed by atoms with Crippen molar-refractivity contribution in [3.05, 3.63) is 71.8 Å². The van der Waals surface area contributed by atoms with Gasteiger partial charge in [-0.25, -0.2) is 9.59 Å². The summed E-state index contributed by atoms with van der Waals surface area (Å²) in [5.74, 6) is 0.